The lowest BCUT2D eigenvalue weighted by atomic mass is 9.67. The van der Waals surface area contributed by atoms with Crippen LogP contribution in [-0.2, 0) is 16.6 Å². The third kappa shape index (κ3) is 3.09. The van der Waals surface area contributed by atoms with E-state index in [1.54, 1.807) is 11.8 Å². The summed E-state index contributed by atoms with van der Waals surface area (Å²) in [6, 6.07) is 8.75. The molecule has 2 aromatic rings. The van der Waals surface area contributed by atoms with Crippen molar-refractivity contribution in [1.82, 2.24) is 9.78 Å². The number of hydrogen-bond donors (Lipinski definition) is 0. The first kappa shape index (κ1) is 19.4. The van der Waals surface area contributed by atoms with E-state index in [1.807, 2.05) is 4.68 Å². The van der Waals surface area contributed by atoms with Crippen LogP contribution in [0.15, 0.2) is 34.1 Å². The van der Waals surface area contributed by atoms with Crippen LogP contribution in [0, 0.1) is 0 Å². The van der Waals surface area contributed by atoms with Gasteiger partial charge in [0, 0.05) is 23.1 Å². The summed E-state index contributed by atoms with van der Waals surface area (Å²) in [4.78, 5) is 14.0. The standard InChI is InChI=1S/C24H30N2O2S/c1-23(2)15-17(10-13-28-23)26-22(27)20-19(21(25-26)29-3)18-9-5-4-8-16(18)14-24(20)11-6-7-12-24/h4-5,8-9,17H,6-7,10-15H2,1-3H3. The van der Waals surface area contributed by atoms with Crippen LogP contribution in [0.4, 0.5) is 0 Å². The smallest absolute Gasteiger partial charge is 0.271 e. The number of nitrogens with zero attached hydrogens (tertiary/aromatic N) is 2. The fourth-order valence-corrected chi connectivity index (χ4v) is 6.50. The molecule has 1 saturated carbocycles. The van der Waals surface area contributed by atoms with Gasteiger partial charge >= 0.3 is 0 Å². The molecule has 0 N–H and O–H groups in total. The Balaban J connectivity index is 1.76. The number of rotatable bonds is 2. The van der Waals surface area contributed by atoms with E-state index in [1.165, 1.54) is 24.0 Å². The van der Waals surface area contributed by atoms with E-state index in [0.29, 0.717) is 6.61 Å². The van der Waals surface area contributed by atoms with Crippen LogP contribution in [0.5, 0.6) is 0 Å². The van der Waals surface area contributed by atoms with Crippen LogP contribution in [0.3, 0.4) is 0 Å². The Morgan fingerprint density at radius 3 is 2.69 bits per heavy atom. The van der Waals surface area contributed by atoms with Crippen molar-refractivity contribution in [2.75, 3.05) is 12.9 Å². The van der Waals surface area contributed by atoms with Gasteiger partial charge in [0.05, 0.1) is 11.6 Å². The van der Waals surface area contributed by atoms with Crippen LogP contribution in [-0.4, -0.2) is 28.2 Å². The number of fused-ring (bicyclic) bond motifs is 4. The summed E-state index contributed by atoms with van der Waals surface area (Å²) in [6.07, 6.45) is 9.40. The van der Waals surface area contributed by atoms with Crippen molar-refractivity contribution in [3.63, 3.8) is 0 Å². The molecule has 1 atom stereocenters. The van der Waals surface area contributed by atoms with Crippen molar-refractivity contribution in [2.24, 2.45) is 0 Å². The first-order valence-electron chi connectivity index (χ1n) is 10.9. The van der Waals surface area contributed by atoms with Gasteiger partial charge in [0.15, 0.2) is 0 Å². The Labute approximate surface area is 177 Å². The lowest BCUT2D eigenvalue weighted by Crippen LogP contribution is -2.44. The first-order chi connectivity index (χ1) is 13.9. The molecule has 2 heterocycles. The number of aromatic nitrogens is 2. The lowest BCUT2D eigenvalue weighted by Gasteiger charge is -2.39. The molecule has 4 nitrogen and oxygen atoms in total. The van der Waals surface area contributed by atoms with Gasteiger partial charge in [0.25, 0.3) is 5.56 Å². The molecular weight excluding hydrogens is 380 g/mol. The molecule has 1 aromatic carbocycles. The molecule has 1 aliphatic heterocycles. The molecule has 0 amide bonds. The molecule has 3 aliphatic rings. The number of benzene rings is 1. The average molecular weight is 411 g/mol. The van der Waals surface area contributed by atoms with E-state index in [0.717, 1.165) is 48.3 Å². The van der Waals surface area contributed by atoms with Gasteiger partial charge in [0.2, 0.25) is 0 Å². The highest BCUT2D eigenvalue weighted by molar-refractivity contribution is 7.98. The van der Waals surface area contributed by atoms with Gasteiger partial charge in [-0.3, -0.25) is 4.79 Å². The van der Waals surface area contributed by atoms with Crippen LogP contribution in [0.1, 0.15) is 69.5 Å². The van der Waals surface area contributed by atoms with Crippen molar-refractivity contribution in [3.05, 3.63) is 45.7 Å². The van der Waals surface area contributed by atoms with Crippen molar-refractivity contribution < 1.29 is 4.74 Å². The van der Waals surface area contributed by atoms with Crippen LogP contribution < -0.4 is 5.56 Å². The Morgan fingerprint density at radius 2 is 1.97 bits per heavy atom. The van der Waals surface area contributed by atoms with Gasteiger partial charge in [-0.2, -0.15) is 5.10 Å². The highest BCUT2D eigenvalue weighted by atomic mass is 32.2. The molecular formula is C24H30N2O2S. The van der Waals surface area contributed by atoms with Crippen molar-refractivity contribution in [3.8, 4) is 11.1 Å². The normalized spacial score (nSPS) is 24.3. The SMILES string of the molecule is CSc1nn(C2CCOC(C)(C)C2)c(=O)c2c1-c1ccccc1CC21CCCC1. The monoisotopic (exact) mass is 410 g/mol. The Morgan fingerprint density at radius 1 is 1.21 bits per heavy atom. The Bertz CT molecular complexity index is 1000. The second-order valence-corrected chi connectivity index (χ2v) is 10.4. The summed E-state index contributed by atoms with van der Waals surface area (Å²) in [5.74, 6) is 0. The van der Waals surface area contributed by atoms with Gasteiger partial charge in [-0.05, 0) is 63.3 Å². The maximum atomic E-state index is 14.0. The molecule has 5 rings (SSSR count). The summed E-state index contributed by atoms with van der Waals surface area (Å²) >= 11 is 1.67. The summed E-state index contributed by atoms with van der Waals surface area (Å²) in [7, 11) is 0. The van der Waals surface area contributed by atoms with E-state index in [4.69, 9.17) is 9.84 Å². The third-order valence-electron chi connectivity index (χ3n) is 7.20. The van der Waals surface area contributed by atoms with Gasteiger partial charge in [0.1, 0.15) is 5.03 Å². The molecule has 1 saturated heterocycles. The molecule has 5 heteroatoms. The Kier molecular flexibility index (Phi) is 4.67. The fourth-order valence-electron chi connectivity index (χ4n) is 5.91. The summed E-state index contributed by atoms with van der Waals surface area (Å²) in [6.45, 7) is 4.92. The minimum atomic E-state index is -0.211. The van der Waals surface area contributed by atoms with E-state index < -0.39 is 0 Å². The molecule has 1 aromatic heterocycles. The van der Waals surface area contributed by atoms with Crippen molar-refractivity contribution in [1.29, 1.82) is 0 Å². The zero-order valence-electron chi connectivity index (χ0n) is 17.7. The average Bonchev–Trinajstić information content (AvgIpc) is 3.15. The molecule has 0 radical (unpaired) electrons. The van der Waals surface area contributed by atoms with Gasteiger partial charge in [-0.25, -0.2) is 4.68 Å². The van der Waals surface area contributed by atoms with Crippen LogP contribution in [0.25, 0.3) is 11.1 Å². The fraction of sp³-hybridized carbons (Fsp3) is 0.583. The summed E-state index contributed by atoms with van der Waals surface area (Å²) in [5, 5.41) is 5.96. The Hall–Kier alpha value is -1.59. The van der Waals surface area contributed by atoms with E-state index in [2.05, 4.69) is 44.4 Å². The lowest BCUT2D eigenvalue weighted by molar-refractivity contribution is -0.0717. The van der Waals surface area contributed by atoms with Gasteiger partial charge < -0.3 is 4.74 Å². The molecule has 2 fully saturated rings. The number of ether oxygens (including phenoxy) is 1. The van der Waals surface area contributed by atoms with Gasteiger partial charge in [-0.1, -0.05) is 37.1 Å². The molecule has 29 heavy (non-hydrogen) atoms. The predicted molar refractivity (Wildman–Crippen MR) is 118 cm³/mol. The van der Waals surface area contributed by atoms with Gasteiger partial charge in [-0.15, -0.1) is 11.8 Å². The molecule has 1 spiro atoms. The second-order valence-electron chi connectivity index (χ2n) is 9.59. The molecule has 2 aliphatic carbocycles. The van der Waals surface area contributed by atoms with Crippen molar-refractivity contribution in [2.45, 2.75) is 80.9 Å². The first-order valence-corrected chi connectivity index (χ1v) is 12.1. The third-order valence-corrected chi connectivity index (χ3v) is 7.87. The van der Waals surface area contributed by atoms with Crippen LogP contribution >= 0.6 is 11.8 Å². The largest absolute Gasteiger partial charge is 0.375 e. The highest BCUT2D eigenvalue weighted by Gasteiger charge is 2.45. The summed E-state index contributed by atoms with van der Waals surface area (Å²) in [5.41, 5.74) is 4.69. The highest BCUT2D eigenvalue weighted by Crippen LogP contribution is 2.52. The zero-order valence-corrected chi connectivity index (χ0v) is 18.5. The molecule has 0 bridgehead atoms. The summed E-state index contributed by atoms with van der Waals surface area (Å²) < 4.78 is 7.75. The van der Waals surface area contributed by atoms with Crippen LogP contribution in [0.2, 0.25) is 0 Å². The topological polar surface area (TPSA) is 44.1 Å². The molecule has 154 valence electrons. The maximum absolute atomic E-state index is 14.0. The quantitative estimate of drug-likeness (QED) is 0.644. The number of hydrogen-bond acceptors (Lipinski definition) is 4. The van der Waals surface area contributed by atoms with Crippen molar-refractivity contribution >= 4 is 11.8 Å². The maximum Gasteiger partial charge on any atom is 0.271 e. The van der Waals surface area contributed by atoms with E-state index >= 15 is 0 Å². The van der Waals surface area contributed by atoms with E-state index in [9.17, 15) is 4.79 Å². The predicted octanol–water partition coefficient (Wildman–Crippen LogP) is 5.13. The minimum Gasteiger partial charge on any atom is -0.375 e. The minimum absolute atomic E-state index is 0.0172. The second kappa shape index (κ2) is 6.98. The van der Waals surface area contributed by atoms with E-state index in [-0.39, 0.29) is 22.6 Å². The molecule has 1 unspecified atom stereocenters. The zero-order chi connectivity index (χ0) is 20.2. The number of thioether (sulfide) groups is 1.